The molecule has 0 aliphatic carbocycles. The van der Waals surface area contributed by atoms with Gasteiger partial charge in [0, 0.05) is 23.1 Å². The van der Waals surface area contributed by atoms with Crippen molar-refractivity contribution in [2.75, 3.05) is 13.7 Å². The minimum absolute atomic E-state index is 0.0210. The number of amidine groups is 1. The fourth-order valence-electron chi connectivity index (χ4n) is 3.40. The topological polar surface area (TPSA) is 54.8 Å². The maximum atomic E-state index is 12.8. The Morgan fingerprint density at radius 3 is 2.74 bits per heavy atom. The van der Waals surface area contributed by atoms with Crippen molar-refractivity contribution >= 4 is 22.6 Å². The first kappa shape index (κ1) is 17.2. The molecule has 0 saturated heterocycles. The molecule has 136 valence electrons. The van der Waals surface area contributed by atoms with Gasteiger partial charge in [0.2, 0.25) is 0 Å². The number of nitrogens with zero attached hydrogens (tertiary/aromatic N) is 3. The van der Waals surface area contributed by atoms with Crippen molar-refractivity contribution in [2.45, 2.75) is 19.8 Å². The van der Waals surface area contributed by atoms with Gasteiger partial charge in [0.25, 0.3) is 5.91 Å². The number of oxime groups is 1. The molecule has 0 fully saturated rings. The molecule has 27 heavy (non-hydrogen) atoms. The van der Waals surface area contributed by atoms with E-state index >= 15 is 0 Å². The Kier molecular flexibility index (Phi) is 4.59. The standard InChI is InChI=1S/C22H21N3O2/c1-3-4-13-25-21(24-27-2)18-14-16(9-11-17(18)22(25)26)20-12-10-15-7-5-6-8-19(15)23-20/h5-12,14H,3-4,13H2,1-2H3. The Bertz CT molecular complexity index is 1040. The van der Waals surface area contributed by atoms with E-state index in [0.717, 1.165) is 40.6 Å². The lowest BCUT2D eigenvalue weighted by atomic mass is 10.0. The van der Waals surface area contributed by atoms with Crippen LogP contribution < -0.4 is 0 Å². The van der Waals surface area contributed by atoms with E-state index in [1.54, 1.807) is 4.90 Å². The molecule has 1 aliphatic rings. The Morgan fingerprint density at radius 2 is 1.93 bits per heavy atom. The van der Waals surface area contributed by atoms with Gasteiger partial charge in [-0.15, -0.1) is 0 Å². The summed E-state index contributed by atoms with van der Waals surface area (Å²) in [5, 5.41) is 5.24. The highest BCUT2D eigenvalue weighted by Gasteiger charge is 2.34. The van der Waals surface area contributed by atoms with E-state index in [9.17, 15) is 4.79 Å². The van der Waals surface area contributed by atoms with Gasteiger partial charge in [-0.25, -0.2) is 4.98 Å². The zero-order valence-electron chi connectivity index (χ0n) is 15.5. The summed E-state index contributed by atoms with van der Waals surface area (Å²) in [7, 11) is 1.50. The summed E-state index contributed by atoms with van der Waals surface area (Å²) in [5.41, 5.74) is 4.22. The lowest BCUT2D eigenvalue weighted by molar-refractivity contribution is 0.0852. The molecule has 1 aromatic heterocycles. The van der Waals surface area contributed by atoms with Crippen LogP contribution in [0.5, 0.6) is 0 Å². The number of unbranched alkanes of at least 4 members (excludes halogenated alkanes) is 1. The fraction of sp³-hybridized carbons (Fsp3) is 0.227. The van der Waals surface area contributed by atoms with Crippen molar-refractivity contribution in [1.29, 1.82) is 0 Å². The summed E-state index contributed by atoms with van der Waals surface area (Å²) in [4.78, 5) is 24.3. The number of pyridine rings is 1. The Hall–Kier alpha value is -3.21. The predicted molar refractivity (Wildman–Crippen MR) is 107 cm³/mol. The van der Waals surface area contributed by atoms with E-state index in [1.807, 2.05) is 48.5 Å². The summed E-state index contributed by atoms with van der Waals surface area (Å²) in [6, 6.07) is 17.9. The van der Waals surface area contributed by atoms with Crippen LogP contribution in [0.15, 0.2) is 59.8 Å². The second kappa shape index (κ2) is 7.19. The number of para-hydroxylation sites is 1. The third-order valence-electron chi connectivity index (χ3n) is 4.80. The highest BCUT2D eigenvalue weighted by molar-refractivity contribution is 6.23. The van der Waals surface area contributed by atoms with Crippen molar-refractivity contribution in [2.24, 2.45) is 5.16 Å². The Labute approximate surface area is 158 Å². The quantitative estimate of drug-likeness (QED) is 0.632. The predicted octanol–water partition coefficient (Wildman–Crippen LogP) is 4.47. The van der Waals surface area contributed by atoms with E-state index in [-0.39, 0.29) is 5.91 Å². The number of hydrogen-bond donors (Lipinski definition) is 0. The molecule has 3 aromatic rings. The number of fused-ring (bicyclic) bond motifs is 2. The number of benzene rings is 2. The first-order valence-electron chi connectivity index (χ1n) is 9.16. The normalized spacial score (nSPS) is 14.8. The van der Waals surface area contributed by atoms with Gasteiger partial charge in [0.15, 0.2) is 5.84 Å². The molecule has 2 heterocycles. The van der Waals surface area contributed by atoms with Crippen LogP contribution in [0.1, 0.15) is 35.7 Å². The molecule has 0 radical (unpaired) electrons. The van der Waals surface area contributed by atoms with Crippen LogP contribution in [0, 0.1) is 0 Å². The van der Waals surface area contributed by atoms with Gasteiger partial charge in [-0.3, -0.25) is 9.69 Å². The molecule has 1 aliphatic heterocycles. The highest BCUT2D eigenvalue weighted by atomic mass is 16.6. The number of aromatic nitrogens is 1. The SMILES string of the molecule is CCCCN1C(=O)c2ccc(-c3ccc4ccccc4n3)cc2C1=NOC. The number of rotatable bonds is 5. The summed E-state index contributed by atoms with van der Waals surface area (Å²) in [6.45, 7) is 2.74. The van der Waals surface area contributed by atoms with Crippen LogP contribution in [0.4, 0.5) is 0 Å². The second-order valence-corrected chi connectivity index (χ2v) is 6.56. The van der Waals surface area contributed by atoms with Gasteiger partial charge in [0.1, 0.15) is 7.11 Å². The zero-order chi connectivity index (χ0) is 18.8. The molecule has 0 bridgehead atoms. The van der Waals surface area contributed by atoms with Gasteiger partial charge in [-0.1, -0.05) is 48.8 Å². The molecule has 0 spiro atoms. The lowest BCUT2D eigenvalue weighted by Gasteiger charge is -2.15. The number of hydrogen-bond acceptors (Lipinski definition) is 4. The van der Waals surface area contributed by atoms with E-state index in [0.29, 0.717) is 17.9 Å². The Morgan fingerprint density at radius 1 is 1.07 bits per heavy atom. The van der Waals surface area contributed by atoms with Crippen molar-refractivity contribution in [3.05, 3.63) is 65.7 Å². The van der Waals surface area contributed by atoms with E-state index in [1.165, 1.54) is 7.11 Å². The first-order valence-corrected chi connectivity index (χ1v) is 9.16. The molecule has 1 amide bonds. The fourth-order valence-corrected chi connectivity index (χ4v) is 3.40. The van der Waals surface area contributed by atoms with E-state index in [2.05, 4.69) is 18.1 Å². The van der Waals surface area contributed by atoms with Crippen LogP contribution >= 0.6 is 0 Å². The summed E-state index contributed by atoms with van der Waals surface area (Å²) in [5.74, 6) is 0.556. The molecule has 0 N–H and O–H groups in total. The van der Waals surface area contributed by atoms with Gasteiger partial charge in [-0.2, -0.15) is 0 Å². The molecule has 4 rings (SSSR count). The molecule has 0 atom stereocenters. The van der Waals surface area contributed by atoms with E-state index in [4.69, 9.17) is 9.82 Å². The second-order valence-electron chi connectivity index (χ2n) is 6.56. The van der Waals surface area contributed by atoms with Crippen molar-refractivity contribution in [3.8, 4) is 11.3 Å². The average molecular weight is 359 g/mol. The lowest BCUT2D eigenvalue weighted by Crippen LogP contribution is -2.31. The van der Waals surface area contributed by atoms with Crippen LogP contribution in [-0.2, 0) is 4.84 Å². The molecule has 0 saturated carbocycles. The number of carbonyl (C=O) groups is 1. The summed E-state index contributed by atoms with van der Waals surface area (Å²) >= 11 is 0. The number of amides is 1. The molecular weight excluding hydrogens is 338 g/mol. The van der Waals surface area contributed by atoms with Crippen molar-refractivity contribution < 1.29 is 9.63 Å². The number of carbonyl (C=O) groups excluding carboxylic acids is 1. The minimum atomic E-state index is -0.0210. The molecule has 0 unspecified atom stereocenters. The van der Waals surface area contributed by atoms with Crippen molar-refractivity contribution in [3.63, 3.8) is 0 Å². The highest BCUT2D eigenvalue weighted by Crippen LogP contribution is 2.29. The van der Waals surface area contributed by atoms with Gasteiger partial charge < -0.3 is 4.84 Å². The third kappa shape index (κ3) is 3.05. The third-order valence-corrected chi connectivity index (χ3v) is 4.80. The van der Waals surface area contributed by atoms with Gasteiger partial charge in [0.05, 0.1) is 16.8 Å². The molecular formula is C22H21N3O2. The first-order chi connectivity index (χ1) is 13.2. The zero-order valence-corrected chi connectivity index (χ0v) is 15.5. The van der Waals surface area contributed by atoms with Gasteiger partial charge >= 0.3 is 0 Å². The average Bonchev–Trinajstić information content (AvgIpc) is 2.97. The molecule has 5 heteroatoms. The molecule has 2 aromatic carbocycles. The monoisotopic (exact) mass is 359 g/mol. The maximum Gasteiger partial charge on any atom is 0.260 e. The molecule has 5 nitrogen and oxygen atoms in total. The smallest absolute Gasteiger partial charge is 0.260 e. The van der Waals surface area contributed by atoms with Crippen molar-refractivity contribution in [1.82, 2.24) is 9.88 Å². The van der Waals surface area contributed by atoms with Gasteiger partial charge in [-0.05, 0) is 30.7 Å². The minimum Gasteiger partial charge on any atom is -0.397 e. The summed E-state index contributed by atoms with van der Waals surface area (Å²) in [6.07, 6.45) is 1.92. The Balaban J connectivity index is 1.78. The van der Waals surface area contributed by atoms with E-state index < -0.39 is 0 Å². The van der Waals surface area contributed by atoms with Crippen LogP contribution in [0.3, 0.4) is 0 Å². The maximum absolute atomic E-state index is 12.8. The van der Waals surface area contributed by atoms with Crippen LogP contribution in [-0.4, -0.2) is 35.3 Å². The van der Waals surface area contributed by atoms with Crippen LogP contribution in [0.25, 0.3) is 22.2 Å². The van der Waals surface area contributed by atoms with Crippen LogP contribution in [0.2, 0.25) is 0 Å². The largest absolute Gasteiger partial charge is 0.397 e. The summed E-state index contributed by atoms with van der Waals surface area (Å²) < 4.78 is 0.